The zero-order valence-electron chi connectivity index (χ0n) is 8.79. The fourth-order valence-corrected chi connectivity index (χ4v) is 0.999. The molecule has 1 amide bonds. The standard InChI is InChI=1S/C8H12N2O.C2H6/c1-9-8(11)7-4-3-5-10(2)6-7;1-2/h3,5-6H,4H2,1-2H3,(H,9,11);1-2H3. The number of allylic oxidation sites excluding steroid dienone is 1. The predicted molar refractivity (Wildman–Crippen MR) is 55.0 cm³/mol. The molecule has 0 fully saturated rings. The molecule has 1 heterocycles. The van der Waals surface area contributed by atoms with Crippen LogP contribution in [0.1, 0.15) is 20.3 Å². The van der Waals surface area contributed by atoms with Gasteiger partial charge in [-0.3, -0.25) is 4.79 Å². The number of likely N-dealkylation sites (N-methyl/N-ethyl adjacent to an activating group) is 1. The molecule has 3 nitrogen and oxygen atoms in total. The van der Waals surface area contributed by atoms with Crippen molar-refractivity contribution in [3.8, 4) is 0 Å². The lowest BCUT2D eigenvalue weighted by Gasteiger charge is -2.15. The van der Waals surface area contributed by atoms with Crippen molar-refractivity contribution >= 4 is 5.91 Å². The number of hydrogen-bond acceptors (Lipinski definition) is 2. The maximum absolute atomic E-state index is 11.1. The van der Waals surface area contributed by atoms with Gasteiger partial charge >= 0.3 is 0 Å². The van der Waals surface area contributed by atoms with Crippen LogP contribution in [0.15, 0.2) is 24.0 Å². The van der Waals surface area contributed by atoms with Gasteiger partial charge in [-0.15, -0.1) is 0 Å². The number of nitrogens with zero attached hydrogens (tertiary/aromatic N) is 1. The monoisotopic (exact) mass is 182 g/mol. The Labute approximate surface area is 80.1 Å². The molecule has 0 saturated carbocycles. The third-order valence-corrected chi connectivity index (χ3v) is 1.56. The van der Waals surface area contributed by atoms with E-state index in [0.717, 1.165) is 12.0 Å². The van der Waals surface area contributed by atoms with Gasteiger partial charge in [0, 0.05) is 25.9 Å². The summed E-state index contributed by atoms with van der Waals surface area (Å²) in [7, 11) is 3.54. The van der Waals surface area contributed by atoms with Crippen molar-refractivity contribution in [3.05, 3.63) is 24.0 Å². The molecule has 0 aromatic rings. The fraction of sp³-hybridized carbons (Fsp3) is 0.500. The molecule has 0 atom stereocenters. The molecule has 74 valence electrons. The molecule has 0 radical (unpaired) electrons. The second-order valence-corrected chi connectivity index (χ2v) is 2.49. The predicted octanol–water partition coefficient (Wildman–Crippen LogP) is 1.49. The first kappa shape index (κ1) is 11.8. The van der Waals surface area contributed by atoms with Gasteiger partial charge in [0.15, 0.2) is 0 Å². The summed E-state index contributed by atoms with van der Waals surface area (Å²) in [6.07, 6.45) is 6.46. The van der Waals surface area contributed by atoms with Crippen molar-refractivity contribution < 1.29 is 4.79 Å². The van der Waals surface area contributed by atoms with E-state index in [4.69, 9.17) is 0 Å². The molecule has 1 rings (SSSR count). The zero-order valence-corrected chi connectivity index (χ0v) is 8.79. The molecule has 0 aromatic heterocycles. The van der Waals surface area contributed by atoms with E-state index in [0.29, 0.717) is 0 Å². The Bertz CT molecular complexity index is 219. The minimum Gasteiger partial charge on any atom is -0.357 e. The van der Waals surface area contributed by atoms with Gasteiger partial charge in [0.1, 0.15) is 0 Å². The molecule has 1 aliphatic heterocycles. The summed E-state index contributed by atoms with van der Waals surface area (Å²) >= 11 is 0. The van der Waals surface area contributed by atoms with Crippen LogP contribution < -0.4 is 5.32 Å². The zero-order chi connectivity index (χ0) is 10.3. The Balaban J connectivity index is 0.000000671. The van der Waals surface area contributed by atoms with Crippen LogP contribution in [0.25, 0.3) is 0 Å². The Kier molecular flexibility index (Phi) is 5.68. The number of carbonyl (C=O) groups is 1. The molecule has 0 saturated heterocycles. The van der Waals surface area contributed by atoms with E-state index in [1.165, 1.54) is 0 Å². The molecule has 0 bridgehead atoms. The van der Waals surface area contributed by atoms with Gasteiger partial charge in [0.05, 0.1) is 0 Å². The fourth-order valence-electron chi connectivity index (χ4n) is 0.999. The molecular formula is C10H18N2O. The number of nitrogens with one attached hydrogen (secondary N) is 1. The molecule has 13 heavy (non-hydrogen) atoms. The van der Waals surface area contributed by atoms with E-state index in [9.17, 15) is 4.79 Å². The lowest BCUT2D eigenvalue weighted by molar-refractivity contribution is -0.117. The molecule has 1 aliphatic rings. The maximum atomic E-state index is 11.1. The Morgan fingerprint density at radius 2 is 2.15 bits per heavy atom. The lowest BCUT2D eigenvalue weighted by Crippen LogP contribution is -2.22. The summed E-state index contributed by atoms with van der Waals surface area (Å²) in [5.41, 5.74) is 0.803. The molecule has 0 aromatic carbocycles. The topological polar surface area (TPSA) is 32.3 Å². The highest BCUT2D eigenvalue weighted by Crippen LogP contribution is 2.09. The first-order valence-corrected chi connectivity index (χ1v) is 4.55. The highest BCUT2D eigenvalue weighted by Gasteiger charge is 2.08. The molecule has 0 unspecified atom stereocenters. The summed E-state index contributed by atoms with van der Waals surface area (Å²) in [6.45, 7) is 4.00. The second-order valence-electron chi connectivity index (χ2n) is 2.49. The SMILES string of the molecule is CC.CNC(=O)C1=CN(C)C=CC1. The summed E-state index contributed by atoms with van der Waals surface area (Å²) in [5.74, 6) is 0.00111. The first-order chi connectivity index (χ1) is 6.24. The molecule has 0 aliphatic carbocycles. The normalized spacial score (nSPS) is 14.2. The Hall–Kier alpha value is -1.25. The van der Waals surface area contributed by atoms with Crippen molar-refractivity contribution in [1.82, 2.24) is 10.2 Å². The molecule has 0 spiro atoms. The quantitative estimate of drug-likeness (QED) is 0.666. The van der Waals surface area contributed by atoms with Crippen molar-refractivity contribution in [2.24, 2.45) is 0 Å². The second kappa shape index (κ2) is 6.29. The minimum absolute atomic E-state index is 0.00111. The number of rotatable bonds is 1. The average molecular weight is 182 g/mol. The van der Waals surface area contributed by atoms with Crippen LogP contribution in [0.2, 0.25) is 0 Å². The summed E-state index contributed by atoms with van der Waals surface area (Å²) in [6, 6.07) is 0. The van der Waals surface area contributed by atoms with Crippen LogP contribution in [0, 0.1) is 0 Å². The van der Waals surface area contributed by atoms with E-state index < -0.39 is 0 Å². The number of hydrogen-bond donors (Lipinski definition) is 1. The average Bonchev–Trinajstić information content (AvgIpc) is 2.20. The largest absolute Gasteiger partial charge is 0.357 e. The van der Waals surface area contributed by atoms with Crippen molar-refractivity contribution in [1.29, 1.82) is 0 Å². The highest BCUT2D eigenvalue weighted by atomic mass is 16.1. The third kappa shape index (κ3) is 3.78. The summed E-state index contributed by atoms with van der Waals surface area (Å²) in [4.78, 5) is 12.9. The van der Waals surface area contributed by atoms with E-state index in [1.54, 1.807) is 7.05 Å². The van der Waals surface area contributed by atoms with Crippen molar-refractivity contribution in [2.75, 3.05) is 14.1 Å². The van der Waals surface area contributed by atoms with Gasteiger partial charge in [-0.25, -0.2) is 0 Å². The minimum atomic E-state index is 0.00111. The smallest absolute Gasteiger partial charge is 0.248 e. The van der Waals surface area contributed by atoms with Gasteiger partial charge < -0.3 is 10.2 Å². The first-order valence-electron chi connectivity index (χ1n) is 4.55. The summed E-state index contributed by atoms with van der Waals surface area (Å²) in [5, 5.41) is 2.59. The van der Waals surface area contributed by atoms with E-state index in [1.807, 2.05) is 44.3 Å². The maximum Gasteiger partial charge on any atom is 0.248 e. The van der Waals surface area contributed by atoms with Gasteiger partial charge in [-0.1, -0.05) is 19.9 Å². The van der Waals surface area contributed by atoms with Gasteiger partial charge in [-0.05, 0) is 12.6 Å². The van der Waals surface area contributed by atoms with Crippen LogP contribution in [0.3, 0.4) is 0 Å². The van der Waals surface area contributed by atoms with Crippen LogP contribution >= 0.6 is 0 Å². The third-order valence-electron chi connectivity index (χ3n) is 1.56. The highest BCUT2D eigenvalue weighted by molar-refractivity contribution is 5.93. The van der Waals surface area contributed by atoms with E-state index in [-0.39, 0.29) is 5.91 Å². The summed E-state index contributed by atoms with van der Waals surface area (Å²) < 4.78 is 0. The molecular weight excluding hydrogens is 164 g/mol. The Morgan fingerprint density at radius 3 is 2.62 bits per heavy atom. The number of carbonyl (C=O) groups excluding carboxylic acids is 1. The van der Waals surface area contributed by atoms with Gasteiger partial charge in [0.25, 0.3) is 0 Å². The van der Waals surface area contributed by atoms with Crippen LogP contribution in [0.5, 0.6) is 0 Å². The lowest BCUT2D eigenvalue weighted by atomic mass is 10.1. The molecule has 1 N–H and O–H groups in total. The van der Waals surface area contributed by atoms with Crippen LogP contribution in [-0.4, -0.2) is 24.9 Å². The molecule has 3 heteroatoms. The van der Waals surface area contributed by atoms with E-state index >= 15 is 0 Å². The van der Waals surface area contributed by atoms with Crippen LogP contribution in [0.4, 0.5) is 0 Å². The van der Waals surface area contributed by atoms with Crippen molar-refractivity contribution in [2.45, 2.75) is 20.3 Å². The van der Waals surface area contributed by atoms with Crippen LogP contribution in [-0.2, 0) is 4.79 Å². The van der Waals surface area contributed by atoms with Crippen molar-refractivity contribution in [3.63, 3.8) is 0 Å². The van der Waals surface area contributed by atoms with Gasteiger partial charge in [-0.2, -0.15) is 0 Å². The van der Waals surface area contributed by atoms with E-state index in [2.05, 4.69) is 5.32 Å². The number of amides is 1. The van der Waals surface area contributed by atoms with Gasteiger partial charge in [0.2, 0.25) is 5.91 Å². The Morgan fingerprint density at radius 1 is 1.54 bits per heavy atom.